The van der Waals surface area contributed by atoms with Crippen molar-refractivity contribution in [3.63, 3.8) is 0 Å². The largest absolute Gasteiger partial charge is 0.389 e. The van der Waals surface area contributed by atoms with Crippen molar-refractivity contribution in [3.8, 4) is 0 Å². The average molecular weight is 276 g/mol. The van der Waals surface area contributed by atoms with Gasteiger partial charge < -0.3 is 5.73 Å². The predicted molar refractivity (Wildman–Crippen MR) is 85.3 cm³/mol. The summed E-state index contributed by atoms with van der Waals surface area (Å²) in [5, 5.41) is 0. The van der Waals surface area contributed by atoms with E-state index in [4.69, 9.17) is 18.0 Å². The molecular weight excluding hydrogens is 252 g/mol. The van der Waals surface area contributed by atoms with Gasteiger partial charge in [-0.05, 0) is 42.9 Å². The van der Waals surface area contributed by atoms with Gasteiger partial charge in [-0.25, -0.2) is 0 Å². The van der Waals surface area contributed by atoms with Crippen molar-refractivity contribution in [3.05, 3.63) is 34.9 Å². The van der Waals surface area contributed by atoms with Crippen molar-refractivity contribution in [2.45, 2.75) is 46.2 Å². The molecule has 104 valence electrons. The zero-order valence-electron chi connectivity index (χ0n) is 12.1. The predicted octanol–water partition coefficient (Wildman–Crippen LogP) is 3.25. The van der Waals surface area contributed by atoms with E-state index in [1.54, 1.807) is 0 Å². The van der Waals surface area contributed by atoms with E-state index in [1.165, 1.54) is 30.5 Å². The maximum absolute atomic E-state index is 5.68. The lowest BCUT2D eigenvalue weighted by Crippen LogP contribution is -2.29. The topological polar surface area (TPSA) is 29.3 Å². The first kappa shape index (κ1) is 14.5. The molecule has 0 amide bonds. The maximum Gasteiger partial charge on any atom is 0.103 e. The van der Waals surface area contributed by atoms with E-state index >= 15 is 0 Å². The highest BCUT2D eigenvalue weighted by Crippen LogP contribution is 2.29. The van der Waals surface area contributed by atoms with E-state index in [9.17, 15) is 0 Å². The van der Waals surface area contributed by atoms with Gasteiger partial charge >= 0.3 is 0 Å². The van der Waals surface area contributed by atoms with E-state index in [0.29, 0.717) is 4.99 Å². The number of rotatable bonds is 6. The maximum atomic E-state index is 5.68. The van der Waals surface area contributed by atoms with E-state index < -0.39 is 0 Å². The Morgan fingerprint density at radius 3 is 2.58 bits per heavy atom. The fraction of sp³-hybridized carbons (Fsp3) is 0.562. The Labute approximate surface area is 122 Å². The number of aryl methyl sites for hydroxylation is 1. The summed E-state index contributed by atoms with van der Waals surface area (Å²) in [6.07, 6.45) is 2.72. The molecule has 19 heavy (non-hydrogen) atoms. The smallest absolute Gasteiger partial charge is 0.103 e. The summed E-state index contributed by atoms with van der Waals surface area (Å²) in [4.78, 5) is 3.10. The minimum atomic E-state index is 0.482. The number of hydrogen-bond donors (Lipinski definition) is 1. The van der Waals surface area contributed by atoms with Gasteiger partial charge in [-0.2, -0.15) is 0 Å². The molecule has 1 aliphatic rings. The van der Waals surface area contributed by atoms with E-state index in [0.717, 1.165) is 24.1 Å². The van der Waals surface area contributed by atoms with Crippen LogP contribution in [0, 0.1) is 12.8 Å². The van der Waals surface area contributed by atoms with Crippen molar-refractivity contribution >= 4 is 17.2 Å². The fourth-order valence-corrected chi connectivity index (χ4v) is 2.62. The molecule has 0 radical (unpaired) electrons. The first-order chi connectivity index (χ1) is 8.97. The average Bonchev–Trinajstić information content (AvgIpc) is 3.13. The van der Waals surface area contributed by atoms with Gasteiger partial charge in [0.05, 0.1) is 0 Å². The molecule has 1 aliphatic carbocycles. The molecule has 0 unspecified atom stereocenters. The number of nitrogens with two attached hydrogens (primary N) is 1. The van der Waals surface area contributed by atoms with Gasteiger partial charge in [-0.1, -0.05) is 38.2 Å². The second-order valence-electron chi connectivity index (χ2n) is 6.06. The Kier molecular flexibility index (Phi) is 4.58. The van der Waals surface area contributed by atoms with Crippen LogP contribution in [-0.4, -0.2) is 22.5 Å². The Hall–Kier alpha value is -0.930. The molecule has 3 heteroatoms. The summed E-state index contributed by atoms with van der Waals surface area (Å²) in [6.45, 7) is 8.96. The molecule has 2 rings (SSSR count). The Morgan fingerprint density at radius 1 is 1.42 bits per heavy atom. The van der Waals surface area contributed by atoms with Crippen LogP contribution < -0.4 is 5.73 Å². The summed E-state index contributed by atoms with van der Waals surface area (Å²) in [5.41, 5.74) is 9.34. The molecule has 2 nitrogen and oxygen atoms in total. The molecule has 0 aromatic heterocycles. The number of thiocarbonyl (C=S) groups is 1. The SMILES string of the molecule is Cc1cc(C(N)=S)ccc1CN(CC(C)C)C1CC1. The van der Waals surface area contributed by atoms with Gasteiger partial charge in [0, 0.05) is 24.7 Å². The van der Waals surface area contributed by atoms with Crippen molar-refractivity contribution in [1.29, 1.82) is 0 Å². The Bertz CT molecular complexity index is 464. The first-order valence-corrected chi connectivity index (χ1v) is 7.51. The summed E-state index contributed by atoms with van der Waals surface area (Å²) in [7, 11) is 0. The molecule has 1 fully saturated rings. The number of benzene rings is 1. The van der Waals surface area contributed by atoms with E-state index in [-0.39, 0.29) is 0 Å². The highest BCUT2D eigenvalue weighted by Gasteiger charge is 2.29. The van der Waals surface area contributed by atoms with Crippen LogP contribution in [-0.2, 0) is 6.54 Å². The van der Waals surface area contributed by atoms with Crippen LogP contribution in [0.15, 0.2) is 18.2 Å². The Balaban J connectivity index is 2.10. The number of hydrogen-bond acceptors (Lipinski definition) is 2. The van der Waals surface area contributed by atoms with Crippen LogP contribution in [0.1, 0.15) is 43.4 Å². The van der Waals surface area contributed by atoms with Crippen LogP contribution in [0.2, 0.25) is 0 Å². The molecule has 2 N–H and O–H groups in total. The minimum absolute atomic E-state index is 0.482. The molecule has 1 aromatic carbocycles. The third-order valence-electron chi connectivity index (χ3n) is 3.66. The molecule has 1 saturated carbocycles. The molecule has 0 atom stereocenters. The minimum Gasteiger partial charge on any atom is -0.389 e. The normalized spacial score (nSPS) is 15.2. The summed E-state index contributed by atoms with van der Waals surface area (Å²) < 4.78 is 0. The number of nitrogens with zero attached hydrogens (tertiary/aromatic N) is 1. The van der Waals surface area contributed by atoms with Crippen LogP contribution in [0.25, 0.3) is 0 Å². The summed E-state index contributed by atoms with van der Waals surface area (Å²) in [6, 6.07) is 7.14. The van der Waals surface area contributed by atoms with Crippen LogP contribution >= 0.6 is 12.2 Å². The zero-order chi connectivity index (χ0) is 14.0. The molecule has 0 bridgehead atoms. The van der Waals surface area contributed by atoms with Gasteiger partial charge in [0.1, 0.15) is 4.99 Å². The van der Waals surface area contributed by atoms with Crippen molar-refractivity contribution in [1.82, 2.24) is 4.90 Å². The molecule has 1 aromatic rings. The van der Waals surface area contributed by atoms with Crippen molar-refractivity contribution in [2.24, 2.45) is 11.7 Å². The molecule has 0 saturated heterocycles. The Morgan fingerprint density at radius 2 is 2.11 bits per heavy atom. The standard InChI is InChI=1S/C16H24N2S/c1-11(2)9-18(15-6-7-15)10-14-5-4-13(16(17)19)8-12(14)3/h4-5,8,11,15H,6-7,9-10H2,1-3H3,(H2,17,19). The monoisotopic (exact) mass is 276 g/mol. The van der Waals surface area contributed by atoms with Crippen LogP contribution in [0.4, 0.5) is 0 Å². The van der Waals surface area contributed by atoms with Gasteiger partial charge in [-0.15, -0.1) is 0 Å². The third kappa shape index (κ3) is 4.02. The lowest BCUT2D eigenvalue weighted by molar-refractivity contribution is 0.225. The second-order valence-corrected chi connectivity index (χ2v) is 6.50. The van der Waals surface area contributed by atoms with Gasteiger partial charge in [-0.3, -0.25) is 4.90 Å². The van der Waals surface area contributed by atoms with Gasteiger partial charge in [0.25, 0.3) is 0 Å². The first-order valence-electron chi connectivity index (χ1n) is 7.10. The molecule has 0 heterocycles. The molecule has 0 aliphatic heterocycles. The van der Waals surface area contributed by atoms with Crippen LogP contribution in [0.5, 0.6) is 0 Å². The highest BCUT2D eigenvalue weighted by atomic mass is 32.1. The molecule has 0 spiro atoms. The van der Waals surface area contributed by atoms with Gasteiger partial charge in [0.15, 0.2) is 0 Å². The second kappa shape index (κ2) is 6.02. The molecular formula is C16H24N2S. The van der Waals surface area contributed by atoms with Gasteiger partial charge in [0.2, 0.25) is 0 Å². The highest BCUT2D eigenvalue weighted by molar-refractivity contribution is 7.80. The lowest BCUT2D eigenvalue weighted by atomic mass is 10.0. The zero-order valence-corrected chi connectivity index (χ0v) is 13.0. The third-order valence-corrected chi connectivity index (χ3v) is 3.90. The lowest BCUT2D eigenvalue weighted by Gasteiger charge is -2.25. The quantitative estimate of drug-likeness (QED) is 0.809. The fourth-order valence-electron chi connectivity index (χ4n) is 2.50. The van der Waals surface area contributed by atoms with E-state index in [2.05, 4.69) is 37.8 Å². The summed E-state index contributed by atoms with van der Waals surface area (Å²) in [5.74, 6) is 0.719. The van der Waals surface area contributed by atoms with Crippen molar-refractivity contribution in [2.75, 3.05) is 6.54 Å². The summed E-state index contributed by atoms with van der Waals surface area (Å²) >= 11 is 5.03. The van der Waals surface area contributed by atoms with Crippen molar-refractivity contribution < 1.29 is 0 Å². The van der Waals surface area contributed by atoms with E-state index in [1.807, 2.05) is 6.07 Å². The van der Waals surface area contributed by atoms with Crippen LogP contribution in [0.3, 0.4) is 0 Å².